The zero-order valence-corrected chi connectivity index (χ0v) is 17.5. The highest BCUT2D eigenvalue weighted by Gasteiger charge is 2.30. The normalized spacial score (nSPS) is 12.8. The zero-order valence-electron chi connectivity index (χ0n) is 16.7. The fourth-order valence-corrected chi connectivity index (χ4v) is 4.68. The second-order valence-electron chi connectivity index (χ2n) is 7.36. The van der Waals surface area contributed by atoms with Crippen molar-refractivity contribution in [3.05, 3.63) is 47.3 Å². The number of amides is 2. The van der Waals surface area contributed by atoms with Crippen LogP contribution in [0.25, 0.3) is 10.6 Å². The number of carbonyl (C=O) groups excluding carboxylic acids is 2. The van der Waals surface area contributed by atoms with Gasteiger partial charge in [0.05, 0.1) is 16.3 Å². The fourth-order valence-electron chi connectivity index (χ4n) is 3.56. The predicted octanol–water partition coefficient (Wildman–Crippen LogP) is 4.29. The number of anilines is 2. The molecule has 2 N–H and O–H groups in total. The molecule has 0 saturated carbocycles. The lowest BCUT2D eigenvalue weighted by molar-refractivity contribution is -0.114. The van der Waals surface area contributed by atoms with E-state index >= 15 is 0 Å². The molecule has 0 aliphatic heterocycles. The Hall–Kier alpha value is -3.00. The first-order valence-corrected chi connectivity index (χ1v) is 10.5. The van der Waals surface area contributed by atoms with Crippen molar-refractivity contribution in [3.8, 4) is 10.6 Å². The number of rotatable bonds is 4. The molecule has 7 nitrogen and oxygen atoms in total. The van der Waals surface area contributed by atoms with Gasteiger partial charge < -0.3 is 10.6 Å². The van der Waals surface area contributed by atoms with E-state index in [0.29, 0.717) is 10.8 Å². The Balaban J connectivity index is 1.79. The van der Waals surface area contributed by atoms with Gasteiger partial charge in [-0.1, -0.05) is 29.5 Å². The van der Waals surface area contributed by atoms with Gasteiger partial charge in [0.1, 0.15) is 0 Å². The van der Waals surface area contributed by atoms with Gasteiger partial charge >= 0.3 is 0 Å². The fraction of sp³-hybridized carbons (Fsp3) is 0.333. The van der Waals surface area contributed by atoms with Gasteiger partial charge in [-0.15, -0.1) is 0 Å². The highest BCUT2D eigenvalue weighted by molar-refractivity contribution is 7.19. The summed E-state index contributed by atoms with van der Waals surface area (Å²) < 4.78 is 1.91. The quantitative estimate of drug-likeness (QED) is 0.673. The molecule has 0 saturated heterocycles. The molecule has 0 bridgehead atoms. The minimum absolute atomic E-state index is 0.0827. The number of hydrogen-bond acceptors (Lipinski definition) is 5. The van der Waals surface area contributed by atoms with E-state index in [2.05, 4.69) is 15.6 Å². The lowest BCUT2D eigenvalue weighted by Crippen LogP contribution is -2.15. The molecule has 3 aromatic rings. The molecule has 2 amide bonds. The van der Waals surface area contributed by atoms with Crippen molar-refractivity contribution in [2.45, 2.75) is 46.1 Å². The zero-order chi connectivity index (χ0) is 20.5. The van der Waals surface area contributed by atoms with Crippen LogP contribution in [0.5, 0.6) is 0 Å². The molecule has 0 fully saturated rings. The average Bonchev–Trinajstić information content (AvgIpc) is 3.19. The van der Waals surface area contributed by atoms with Crippen LogP contribution in [-0.4, -0.2) is 26.6 Å². The van der Waals surface area contributed by atoms with Gasteiger partial charge in [-0.05, 0) is 45.2 Å². The maximum absolute atomic E-state index is 13.0. The van der Waals surface area contributed by atoms with Crippen molar-refractivity contribution in [1.82, 2.24) is 14.8 Å². The first-order valence-electron chi connectivity index (χ1n) is 9.69. The van der Waals surface area contributed by atoms with Crippen LogP contribution in [0.15, 0.2) is 30.3 Å². The van der Waals surface area contributed by atoms with Gasteiger partial charge in [0.15, 0.2) is 10.8 Å². The number of hydrogen-bond donors (Lipinski definition) is 2. The lowest BCUT2D eigenvalue weighted by atomic mass is 10.1. The van der Waals surface area contributed by atoms with Crippen LogP contribution in [-0.2, 0) is 17.6 Å². The van der Waals surface area contributed by atoms with Crippen LogP contribution in [0.2, 0.25) is 0 Å². The summed E-state index contributed by atoms with van der Waals surface area (Å²) in [5, 5.41) is 11.0. The summed E-state index contributed by atoms with van der Waals surface area (Å²) in [6, 6.07) is 9.48. The molecule has 0 radical (unpaired) electrons. The second-order valence-corrected chi connectivity index (χ2v) is 8.36. The minimum Gasteiger partial charge on any atom is -0.321 e. The predicted molar refractivity (Wildman–Crippen MR) is 114 cm³/mol. The second kappa shape index (κ2) is 7.79. The van der Waals surface area contributed by atoms with Crippen LogP contribution in [0.1, 0.15) is 55.0 Å². The van der Waals surface area contributed by atoms with Crippen LogP contribution in [0, 0.1) is 0 Å². The topological polar surface area (TPSA) is 88.9 Å². The molecule has 4 rings (SSSR count). The Bertz CT molecular complexity index is 1070. The van der Waals surface area contributed by atoms with E-state index in [0.717, 1.165) is 46.8 Å². The van der Waals surface area contributed by atoms with Gasteiger partial charge in [-0.25, -0.2) is 4.98 Å². The van der Waals surface area contributed by atoms with Gasteiger partial charge in [0.25, 0.3) is 5.91 Å². The van der Waals surface area contributed by atoms with Gasteiger partial charge in [0.2, 0.25) is 5.91 Å². The average molecular weight is 410 g/mol. The van der Waals surface area contributed by atoms with Crippen molar-refractivity contribution >= 4 is 34.0 Å². The van der Waals surface area contributed by atoms with Crippen molar-refractivity contribution in [2.75, 3.05) is 10.6 Å². The number of para-hydroxylation sites is 1. The van der Waals surface area contributed by atoms with Gasteiger partial charge in [-0.2, -0.15) is 5.10 Å². The number of thiazole rings is 1. The number of fused-ring (bicyclic) bond motifs is 3. The molecule has 0 atom stereocenters. The van der Waals surface area contributed by atoms with E-state index in [1.54, 1.807) is 0 Å². The third-order valence-electron chi connectivity index (χ3n) is 4.78. The SMILES string of the molecule is CC(=O)Nc1nc2c(s1)-c1c(c(C(=O)Nc3ccccc3)nn1C(C)C)CCC2. The summed E-state index contributed by atoms with van der Waals surface area (Å²) in [4.78, 5) is 30.1. The molecule has 1 aromatic carbocycles. The van der Waals surface area contributed by atoms with E-state index in [-0.39, 0.29) is 17.9 Å². The third kappa shape index (κ3) is 3.80. The summed E-state index contributed by atoms with van der Waals surface area (Å²) in [6.45, 7) is 5.57. The molecule has 1 aliphatic carbocycles. The van der Waals surface area contributed by atoms with E-state index in [1.807, 2.05) is 48.9 Å². The highest BCUT2D eigenvalue weighted by Crippen LogP contribution is 2.41. The molecule has 0 unspecified atom stereocenters. The van der Waals surface area contributed by atoms with Gasteiger partial charge in [-0.3, -0.25) is 14.3 Å². The van der Waals surface area contributed by atoms with Crippen LogP contribution in [0.4, 0.5) is 10.8 Å². The molecule has 29 heavy (non-hydrogen) atoms. The maximum Gasteiger partial charge on any atom is 0.276 e. The number of aromatic nitrogens is 3. The van der Waals surface area contributed by atoms with Crippen molar-refractivity contribution in [2.24, 2.45) is 0 Å². The third-order valence-corrected chi connectivity index (χ3v) is 5.80. The standard InChI is InChI=1S/C21H23N5O2S/c1-12(2)26-18-15(17(25-26)20(28)23-14-8-5-4-6-9-14)10-7-11-16-19(18)29-21(24-16)22-13(3)27/h4-6,8-9,12H,7,10-11H2,1-3H3,(H,23,28)(H,22,24,27). The molecular formula is C21H23N5O2S. The van der Waals surface area contributed by atoms with Crippen molar-refractivity contribution in [3.63, 3.8) is 0 Å². The number of benzene rings is 1. The Morgan fingerprint density at radius 3 is 2.59 bits per heavy atom. The molecule has 150 valence electrons. The molecule has 2 heterocycles. The molecule has 2 aromatic heterocycles. The van der Waals surface area contributed by atoms with Crippen LogP contribution >= 0.6 is 11.3 Å². The number of carbonyl (C=O) groups is 2. The molecule has 1 aliphatic rings. The Labute approximate surface area is 173 Å². The summed E-state index contributed by atoms with van der Waals surface area (Å²) in [6.07, 6.45) is 2.44. The van der Waals surface area contributed by atoms with Crippen LogP contribution in [0.3, 0.4) is 0 Å². The summed E-state index contributed by atoms with van der Waals surface area (Å²) in [7, 11) is 0. The largest absolute Gasteiger partial charge is 0.321 e. The smallest absolute Gasteiger partial charge is 0.276 e. The molecule has 0 spiro atoms. The summed E-state index contributed by atoms with van der Waals surface area (Å²) >= 11 is 1.44. The Kier molecular flexibility index (Phi) is 5.19. The first kappa shape index (κ1) is 19.3. The molecular weight excluding hydrogens is 386 g/mol. The van der Waals surface area contributed by atoms with E-state index in [9.17, 15) is 9.59 Å². The van der Waals surface area contributed by atoms with E-state index < -0.39 is 0 Å². The van der Waals surface area contributed by atoms with E-state index in [4.69, 9.17) is 5.10 Å². The summed E-state index contributed by atoms with van der Waals surface area (Å²) in [5.74, 6) is -0.351. The number of nitrogens with zero attached hydrogens (tertiary/aromatic N) is 3. The molecule has 8 heteroatoms. The maximum atomic E-state index is 13.0. The van der Waals surface area contributed by atoms with Crippen molar-refractivity contribution in [1.29, 1.82) is 0 Å². The van der Waals surface area contributed by atoms with Crippen molar-refractivity contribution < 1.29 is 9.59 Å². The monoisotopic (exact) mass is 409 g/mol. The minimum atomic E-state index is -0.207. The van der Waals surface area contributed by atoms with E-state index in [1.165, 1.54) is 18.3 Å². The van der Waals surface area contributed by atoms with Gasteiger partial charge in [0, 0.05) is 24.2 Å². The first-order chi connectivity index (χ1) is 13.9. The Morgan fingerprint density at radius 2 is 1.90 bits per heavy atom. The lowest BCUT2D eigenvalue weighted by Gasteiger charge is -2.10. The van der Waals surface area contributed by atoms with Crippen LogP contribution < -0.4 is 10.6 Å². The highest BCUT2D eigenvalue weighted by atomic mass is 32.1. The Morgan fingerprint density at radius 1 is 1.14 bits per heavy atom. The number of nitrogens with one attached hydrogen (secondary N) is 2. The number of aryl methyl sites for hydroxylation is 1. The summed E-state index contributed by atoms with van der Waals surface area (Å²) in [5.41, 5.74) is 4.04.